The fraction of sp³-hybridized carbons (Fsp3) is 0.125. The third kappa shape index (κ3) is 4.12. The first kappa shape index (κ1) is 30.2. The second kappa shape index (κ2) is 11.1. The molecule has 196 valence electrons. The Bertz CT molecular complexity index is 1820. The maximum Gasteiger partial charge on any atom is 4.00 e. The predicted molar refractivity (Wildman–Crippen MR) is 160 cm³/mol. The number of fused-ring (bicyclic) bond motifs is 8. The molecule has 8 heteroatoms. The van der Waals surface area contributed by atoms with E-state index in [1.54, 1.807) is 0 Å². The van der Waals surface area contributed by atoms with E-state index in [1.165, 1.54) is 64.3 Å². The first-order chi connectivity index (χ1) is 18.0. The summed E-state index contributed by atoms with van der Waals surface area (Å²) in [4.78, 5) is 7.26. The molecule has 2 aliphatic heterocycles. The third-order valence-electron chi connectivity index (χ3n) is 8.12. The van der Waals surface area contributed by atoms with Crippen molar-refractivity contribution in [2.75, 3.05) is 23.9 Å². The maximum absolute atomic E-state index is 3.90. The van der Waals surface area contributed by atoms with Gasteiger partial charge in [0.2, 0.25) is 0 Å². The molecular weight excluding hydrogens is 766 g/mol. The van der Waals surface area contributed by atoms with Gasteiger partial charge in [-0.25, -0.2) is 0 Å². The summed E-state index contributed by atoms with van der Waals surface area (Å²) in [5.41, 5.74) is 7.69. The van der Waals surface area contributed by atoms with Gasteiger partial charge in [-0.15, -0.1) is 59.7 Å². The Kier molecular flexibility index (Phi) is 8.38. The van der Waals surface area contributed by atoms with E-state index in [4.69, 9.17) is 0 Å². The van der Waals surface area contributed by atoms with Gasteiger partial charge in [-0.2, -0.15) is 0 Å². The van der Waals surface area contributed by atoms with Crippen molar-refractivity contribution in [1.29, 1.82) is 0 Å². The first-order valence-electron chi connectivity index (χ1n) is 12.3. The Morgan fingerprint density at radius 2 is 1.10 bits per heavy atom. The van der Waals surface area contributed by atoms with Crippen LogP contribution in [-0.2, 0) is 26.2 Å². The summed E-state index contributed by atoms with van der Waals surface area (Å²) in [7, 11) is 4.37. The van der Waals surface area contributed by atoms with Crippen LogP contribution in [-0.4, -0.2) is 26.2 Å². The Morgan fingerprint density at radius 1 is 0.675 bits per heavy atom. The molecule has 4 aliphatic rings. The summed E-state index contributed by atoms with van der Waals surface area (Å²) in [6.07, 6.45) is 4.85. The largest absolute Gasteiger partial charge is 4.00 e. The minimum atomic E-state index is 0. The number of hydrogen-bond acceptors (Lipinski definition) is 3. The van der Waals surface area contributed by atoms with Gasteiger partial charge in [-0.1, -0.05) is 57.6 Å². The van der Waals surface area contributed by atoms with Crippen LogP contribution >= 0.6 is 43.6 Å². The molecule has 0 aromatic heterocycles. The topological polar surface area (TPSA) is 6.48 Å². The Morgan fingerprint density at radius 3 is 1.52 bits per heavy atom. The van der Waals surface area contributed by atoms with E-state index < -0.39 is 0 Å². The van der Waals surface area contributed by atoms with Crippen molar-refractivity contribution in [3.8, 4) is 0 Å². The normalized spacial score (nSPS) is 18.2. The SMILES string of the molecule is CN1c2ccc[c-]c2C2=c3ccc(Br)c(Sc4c(Br)ccc5c4=CC4C=5c5[c-]cccc5N4C)c3=CC21.[Cl-].[Cl-].[Zr+4]. The van der Waals surface area contributed by atoms with Crippen LogP contribution < -0.4 is 55.5 Å². The van der Waals surface area contributed by atoms with Crippen molar-refractivity contribution in [2.45, 2.75) is 21.9 Å². The molecule has 0 bridgehead atoms. The maximum atomic E-state index is 3.90. The zero-order chi connectivity index (χ0) is 25.0. The van der Waals surface area contributed by atoms with Gasteiger partial charge in [0.15, 0.2) is 0 Å². The number of nitrogens with zero attached hydrogens (tertiary/aromatic N) is 2. The Balaban J connectivity index is 0.00000108. The zero-order valence-electron chi connectivity index (χ0n) is 21.4. The van der Waals surface area contributed by atoms with Crippen LogP contribution in [0.15, 0.2) is 79.4 Å². The average Bonchev–Trinajstić information content (AvgIpc) is 3.63. The molecule has 2 heterocycles. The molecule has 0 amide bonds. The Hall–Kier alpha value is -1.27. The van der Waals surface area contributed by atoms with Gasteiger partial charge in [0.1, 0.15) is 0 Å². The number of halogens is 4. The number of benzene rings is 4. The van der Waals surface area contributed by atoms with Crippen LogP contribution in [0.3, 0.4) is 0 Å². The van der Waals surface area contributed by atoms with Gasteiger partial charge >= 0.3 is 26.2 Å². The van der Waals surface area contributed by atoms with Crippen molar-refractivity contribution in [3.63, 3.8) is 0 Å². The van der Waals surface area contributed by atoms with E-state index in [9.17, 15) is 0 Å². The van der Waals surface area contributed by atoms with Crippen LogP contribution in [0.5, 0.6) is 0 Å². The molecule has 0 saturated carbocycles. The van der Waals surface area contributed by atoms with Gasteiger partial charge in [0, 0.05) is 30.8 Å². The molecule has 40 heavy (non-hydrogen) atoms. The standard InChI is InChI=1S/C32H20Br2N2S.2ClH.Zr/c1-35-25-9-5-3-7-19(25)29-17-11-13-23(33)31(21(17)15-27(29)35)37-32-22-16-28-30(18(22)12-14-24(32)34)20-8-4-6-10-26(20)36(28)2;;;/h3-6,9-16,27-28H,1-2H3;2*1H;/q-2;;;+4/p-2. The first-order valence-corrected chi connectivity index (χ1v) is 14.7. The second-order valence-corrected chi connectivity index (χ2v) is 12.6. The Labute approximate surface area is 286 Å². The van der Waals surface area contributed by atoms with Crippen LogP contribution in [0, 0.1) is 12.1 Å². The molecule has 2 aliphatic carbocycles. The van der Waals surface area contributed by atoms with E-state index in [0.717, 1.165) is 8.95 Å². The summed E-state index contributed by atoms with van der Waals surface area (Å²) < 4.78 is 2.25. The molecule has 8 rings (SSSR count). The van der Waals surface area contributed by atoms with Crippen molar-refractivity contribution in [3.05, 3.63) is 114 Å². The second-order valence-electron chi connectivity index (χ2n) is 9.91. The monoisotopic (exact) mass is 782 g/mol. The number of hydrogen-bond donors (Lipinski definition) is 0. The molecular formula is C32H20Br2Cl2N2SZr. The molecule has 0 N–H and O–H groups in total. The third-order valence-corrected chi connectivity index (χ3v) is 11.3. The van der Waals surface area contributed by atoms with Gasteiger partial charge in [-0.3, -0.25) is 0 Å². The van der Waals surface area contributed by atoms with Gasteiger partial charge in [0.05, 0.1) is 0 Å². The van der Waals surface area contributed by atoms with Crippen LogP contribution in [0.4, 0.5) is 11.4 Å². The average molecular weight is 787 g/mol. The van der Waals surface area contributed by atoms with E-state index in [-0.39, 0.29) is 63.1 Å². The molecule has 2 nitrogen and oxygen atoms in total. The van der Waals surface area contributed by atoms with Gasteiger partial charge in [0.25, 0.3) is 0 Å². The van der Waals surface area contributed by atoms with E-state index in [2.05, 4.69) is 129 Å². The number of likely N-dealkylation sites (N-methyl/N-ethyl adjacent to an activating group) is 2. The predicted octanol–water partition coefficient (Wildman–Crippen LogP) is -1.41. The van der Waals surface area contributed by atoms with Crippen LogP contribution in [0.25, 0.3) is 23.3 Å². The van der Waals surface area contributed by atoms with Crippen molar-refractivity contribution in [1.82, 2.24) is 0 Å². The summed E-state index contributed by atoms with van der Waals surface area (Å²) in [6.45, 7) is 0. The van der Waals surface area contributed by atoms with Gasteiger partial charge < -0.3 is 34.6 Å². The van der Waals surface area contributed by atoms with Gasteiger partial charge in [-0.05, 0) is 79.9 Å². The molecule has 0 radical (unpaired) electrons. The smallest absolute Gasteiger partial charge is 1.00 e. The van der Waals surface area contributed by atoms with E-state index in [1.807, 2.05) is 23.9 Å². The number of rotatable bonds is 2. The molecule has 4 aromatic carbocycles. The van der Waals surface area contributed by atoms with Crippen molar-refractivity contribution >= 4 is 78.3 Å². The van der Waals surface area contributed by atoms with Crippen LogP contribution in [0.2, 0.25) is 0 Å². The minimum Gasteiger partial charge on any atom is -1.00 e. The van der Waals surface area contributed by atoms with Crippen molar-refractivity contribution in [2.24, 2.45) is 0 Å². The molecule has 4 aromatic rings. The minimum absolute atomic E-state index is 0. The summed E-state index contributed by atoms with van der Waals surface area (Å²) in [6, 6.07) is 29.0. The van der Waals surface area contributed by atoms with E-state index >= 15 is 0 Å². The fourth-order valence-corrected chi connectivity index (χ4v) is 8.70. The number of anilines is 2. The summed E-state index contributed by atoms with van der Waals surface area (Å²) in [5, 5.41) is 5.23. The molecule has 0 fully saturated rings. The quantitative estimate of drug-likeness (QED) is 0.231. The molecule has 0 saturated heterocycles. The molecule has 2 atom stereocenters. The molecule has 0 spiro atoms. The fourth-order valence-electron chi connectivity index (χ4n) is 6.41. The van der Waals surface area contributed by atoms with E-state index in [0.29, 0.717) is 0 Å². The summed E-state index contributed by atoms with van der Waals surface area (Å²) in [5.74, 6) is 0. The zero-order valence-corrected chi connectivity index (χ0v) is 29.4. The molecule has 2 unspecified atom stereocenters. The summed E-state index contributed by atoms with van der Waals surface area (Å²) >= 11 is 9.66. The van der Waals surface area contributed by atoms with Crippen molar-refractivity contribution < 1.29 is 51.0 Å². The van der Waals surface area contributed by atoms with Crippen LogP contribution in [0.1, 0.15) is 11.1 Å².